The highest BCUT2D eigenvalue weighted by Gasteiger charge is 2.34. The van der Waals surface area contributed by atoms with Gasteiger partial charge in [0, 0.05) is 17.0 Å². The van der Waals surface area contributed by atoms with Crippen molar-refractivity contribution < 1.29 is 9.53 Å². The second-order valence-electron chi connectivity index (χ2n) is 6.76. The minimum Gasteiger partial charge on any atom is -0.375 e. The van der Waals surface area contributed by atoms with E-state index in [1.807, 2.05) is 78.9 Å². The van der Waals surface area contributed by atoms with Crippen molar-refractivity contribution in [2.45, 2.75) is 12.5 Å². The van der Waals surface area contributed by atoms with E-state index in [4.69, 9.17) is 11.2 Å². The Kier molecular flexibility index (Phi) is 4.87. The fraction of sp³-hybridized carbons (Fsp3) is 0.160. The average Bonchev–Trinajstić information content (AvgIpc) is 2.73. The van der Waals surface area contributed by atoms with E-state index < -0.39 is 0 Å². The summed E-state index contributed by atoms with van der Waals surface area (Å²) in [6, 6.07) is 25.6. The van der Waals surface area contributed by atoms with Crippen molar-refractivity contribution in [1.29, 1.82) is 0 Å². The van der Waals surface area contributed by atoms with Gasteiger partial charge in [0.25, 0.3) is 0 Å². The molecular formula is C25H20O2. The molecule has 3 aromatic rings. The van der Waals surface area contributed by atoms with Crippen LogP contribution in [-0.4, -0.2) is 12.4 Å². The monoisotopic (exact) mass is 352 g/mol. The van der Waals surface area contributed by atoms with Crippen LogP contribution in [0.5, 0.6) is 0 Å². The van der Waals surface area contributed by atoms with Gasteiger partial charge in [-0.3, -0.25) is 4.79 Å². The molecule has 0 amide bonds. The summed E-state index contributed by atoms with van der Waals surface area (Å²) < 4.78 is 5.96. The zero-order chi connectivity index (χ0) is 18.6. The molecule has 0 heterocycles. The van der Waals surface area contributed by atoms with E-state index in [9.17, 15) is 4.79 Å². The molecule has 0 aliphatic heterocycles. The van der Waals surface area contributed by atoms with Crippen molar-refractivity contribution in [2.75, 3.05) is 6.61 Å². The van der Waals surface area contributed by atoms with Gasteiger partial charge in [0.1, 0.15) is 0 Å². The van der Waals surface area contributed by atoms with Gasteiger partial charge >= 0.3 is 0 Å². The molecule has 0 radical (unpaired) electrons. The Morgan fingerprint density at radius 1 is 0.852 bits per heavy atom. The summed E-state index contributed by atoms with van der Waals surface area (Å²) in [6.07, 6.45) is 5.92. The average molecular weight is 352 g/mol. The summed E-state index contributed by atoms with van der Waals surface area (Å²) in [4.78, 5) is 12.9. The minimum atomic E-state index is -0.149. The standard InChI is InChI=1S/C25H20O2/c1-2-19(17-27-16-18-10-4-3-5-11-18)24-20-12-6-8-14-22(20)25(26)23-15-9-7-13-21(23)24/h1,3-15,19,24H,16-17H2. The quantitative estimate of drug-likeness (QED) is 0.615. The Balaban J connectivity index is 1.64. The second kappa shape index (κ2) is 7.61. The topological polar surface area (TPSA) is 26.3 Å². The SMILES string of the molecule is C#CC(COCc1ccccc1)C1c2ccccc2C(=O)c2ccccc21. The van der Waals surface area contributed by atoms with Crippen LogP contribution in [0.25, 0.3) is 0 Å². The van der Waals surface area contributed by atoms with E-state index in [2.05, 4.69) is 5.92 Å². The van der Waals surface area contributed by atoms with E-state index in [0.29, 0.717) is 13.2 Å². The molecule has 3 aromatic carbocycles. The number of ether oxygens (including phenoxy) is 1. The van der Waals surface area contributed by atoms with Crippen molar-refractivity contribution in [2.24, 2.45) is 5.92 Å². The lowest BCUT2D eigenvalue weighted by molar-refractivity contribution is 0.0954. The van der Waals surface area contributed by atoms with Crippen LogP contribution in [0.3, 0.4) is 0 Å². The van der Waals surface area contributed by atoms with Gasteiger partial charge in [-0.1, -0.05) is 84.8 Å². The highest BCUT2D eigenvalue weighted by atomic mass is 16.5. The molecule has 132 valence electrons. The van der Waals surface area contributed by atoms with Gasteiger partial charge in [0.05, 0.1) is 19.1 Å². The number of carbonyl (C=O) groups is 1. The summed E-state index contributed by atoms with van der Waals surface area (Å²) in [5.41, 5.74) is 4.59. The Morgan fingerprint density at radius 3 is 2.00 bits per heavy atom. The summed E-state index contributed by atoms with van der Waals surface area (Å²) in [5, 5.41) is 0. The van der Waals surface area contributed by atoms with Crippen molar-refractivity contribution in [1.82, 2.24) is 0 Å². The first-order valence-electron chi connectivity index (χ1n) is 9.10. The first-order chi connectivity index (χ1) is 13.3. The lowest BCUT2D eigenvalue weighted by Gasteiger charge is -2.31. The van der Waals surface area contributed by atoms with Crippen molar-refractivity contribution in [3.8, 4) is 12.3 Å². The molecule has 0 aromatic heterocycles. The largest absolute Gasteiger partial charge is 0.375 e. The Morgan fingerprint density at radius 2 is 1.41 bits per heavy atom. The molecule has 27 heavy (non-hydrogen) atoms. The van der Waals surface area contributed by atoms with Crippen LogP contribution < -0.4 is 0 Å². The van der Waals surface area contributed by atoms with Crippen molar-refractivity contribution in [3.63, 3.8) is 0 Å². The van der Waals surface area contributed by atoms with Crippen LogP contribution in [0, 0.1) is 18.3 Å². The minimum absolute atomic E-state index is 0.0455. The van der Waals surface area contributed by atoms with Gasteiger partial charge in [-0.15, -0.1) is 6.42 Å². The molecule has 1 atom stereocenters. The van der Waals surface area contributed by atoms with Gasteiger partial charge < -0.3 is 4.74 Å². The summed E-state index contributed by atoms with van der Waals surface area (Å²) >= 11 is 0. The lowest BCUT2D eigenvalue weighted by atomic mass is 9.72. The molecule has 0 N–H and O–H groups in total. The normalized spacial score (nSPS) is 14.1. The van der Waals surface area contributed by atoms with Crippen LogP contribution in [0.1, 0.15) is 38.5 Å². The number of hydrogen-bond donors (Lipinski definition) is 0. The smallest absolute Gasteiger partial charge is 0.193 e. The number of carbonyl (C=O) groups excluding carboxylic acids is 1. The second-order valence-corrected chi connectivity index (χ2v) is 6.76. The Labute approximate surface area is 159 Å². The molecule has 1 unspecified atom stereocenters. The van der Waals surface area contributed by atoms with E-state index in [1.54, 1.807) is 0 Å². The molecule has 0 saturated carbocycles. The maximum absolute atomic E-state index is 12.9. The maximum atomic E-state index is 12.9. The third-order valence-electron chi connectivity index (χ3n) is 5.11. The van der Waals surface area contributed by atoms with Gasteiger partial charge in [-0.05, 0) is 16.7 Å². The van der Waals surface area contributed by atoms with Gasteiger partial charge in [0.2, 0.25) is 0 Å². The molecule has 2 nitrogen and oxygen atoms in total. The molecule has 1 aliphatic rings. The van der Waals surface area contributed by atoms with Gasteiger partial charge in [-0.25, -0.2) is 0 Å². The third-order valence-corrected chi connectivity index (χ3v) is 5.11. The van der Waals surface area contributed by atoms with E-state index in [1.165, 1.54) is 0 Å². The molecule has 1 aliphatic carbocycles. The predicted molar refractivity (Wildman–Crippen MR) is 107 cm³/mol. The zero-order valence-corrected chi connectivity index (χ0v) is 15.0. The first kappa shape index (κ1) is 17.3. The van der Waals surface area contributed by atoms with Crippen molar-refractivity contribution in [3.05, 3.63) is 107 Å². The highest BCUT2D eigenvalue weighted by Crippen LogP contribution is 2.41. The molecule has 0 bridgehead atoms. The summed E-state index contributed by atoms with van der Waals surface area (Å²) in [6.45, 7) is 0.959. The summed E-state index contributed by atoms with van der Waals surface area (Å²) in [5.74, 6) is 2.79. The van der Waals surface area contributed by atoms with E-state index in [-0.39, 0.29) is 17.6 Å². The first-order valence-corrected chi connectivity index (χ1v) is 9.10. The molecule has 0 spiro atoms. The van der Waals surface area contributed by atoms with Crippen LogP contribution in [0.15, 0.2) is 78.9 Å². The Bertz CT molecular complexity index is 949. The third kappa shape index (κ3) is 3.30. The number of hydrogen-bond acceptors (Lipinski definition) is 2. The zero-order valence-electron chi connectivity index (χ0n) is 15.0. The maximum Gasteiger partial charge on any atom is 0.193 e. The fourth-order valence-electron chi connectivity index (χ4n) is 3.81. The number of ketones is 1. The van der Waals surface area contributed by atoms with Crippen LogP contribution in [0.2, 0.25) is 0 Å². The molecular weight excluding hydrogens is 332 g/mol. The fourth-order valence-corrected chi connectivity index (χ4v) is 3.81. The van der Waals surface area contributed by atoms with Crippen LogP contribution >= 0.6 is 0 Å². The number of benzene rings is 3. The van der Waals surface area contributed by atoms with E-state index >= 15 is 0 Å². The van der Waals surface area contributed by atoms with Gasteiger partial charge in [-0.2, -0.15) is 0 Å². The number of terminal acetylenes is 1. The summed E-state index contributed by atoms with van der Waals surface area (Å²) in [7, 11) is 0. The predicted octanol–water partition coefficient (Wildman–Crippen LogP) is 4.83. The number of fused-ring (bicyclic) bond motifs is 2. The molecule has 0 saturated heterocycles. The van der Waals surface area contributed by atoms with E-state index in [0.717, 1.165) is 27.8 Å². The molecule has 0 fully saturated rings. The van der Waals surface area contributed by atoms with Crippen LogP contribution in [-0.2, 0) is 11.3 Å². The molecule has 2 heteroatoms. The van der Waals surface area contributed by atoms with Crippen molar-refractivity contribution >= 4 is 5.78 Å². The Hall–Kier alpha value is -3.15. The molecule has 4 rings (SSSR count). The lowest BCUT2D eigenvalue weighted by Crippen LogP contribution is -2.26. The highest BCUT2D eigenvalue weighted by molar-refractivity contribution is 6.12. The van der Waals surface area contributed by atoms with Gasteiger partial charge in [0.15, 0.2) is 5.78 Å². The van der Waals surface area contributed by atoms with Crippen LogP contribution in [0.4, 0.5) is 0 Å². The number of rotatable bonds is 5.